The summed E-state index contributed by atoms with van der Waals surface area (Å²) in [6, 6.07) is 11.2. The van der Waals surface area contributed by atoms with E-state index in [1.165, 1.54) is 17.4 Å². The van der Waals surface area contributed by atoms with E-state index in [-0.39, 0.29) is 18.6 Å². The highest BCUT2D eigenvalue weighted by atomic mass is 16.6. The van der Waals surface area contributed by atoms with Gasteiger partial charge in [0, 0.05) is 5.56 Å². The second-order valence-electron chi connectivity index (χ2n) is 5.41. The monoisotopic (exact) mass is 299 g/mol. The van der Waals surface area contributed by atoms with Crippen molar-refractivity contribution in [3.63, 3.8) is 0 Å². The third-order valence-corrected chi connectivity index (χ3v) is 3.93. The number of rotatable bonds is 4. The van der Waals surface area contributed by atoms with Crippen molar-refractivity contribution >= 4 is 12.0 Å². The molecule has 5 nitrogen and oxygen atoms in total. The molecule has 2 heterocycles. The summed E-state index contributed by atoms with van der Waals surface area (Å²) in [5.74, 6) is -0.701. The molecule has 1 aromatic heterocycles. The van der Waals surface area contributed by atoms with Gasteiger partial charge in [0.25, 0.3) is 0 Å². The highest BCUT2D eigenvalue weighted by Crippen LogP contribution is 2.24. The highest BCUT2D eigenvalue weighted by Gasteiger charge is 2.40. The van der Waals surface area contributed by atoms with E-state index in [1.54, 1.807) is 13.0 Å². The van der Waals surface area contributed by atoms with Crippen molar-refractivity contribution in [3.8, 4) is 0 Å². The Morgan fingerprint density at radius 1 is 1.32 bits per heavy atom. The van der Waals surface area contributed by atoms with Gasteiger partial charge in [0.1, 0.15) is 6.61 Å². The first-order chi connectivity index (χ1) is 10.7. The molecule has 0 N–H and O–H groups in total. The molecule has 5 heteroatoms. The molecule has 0 bridgehead atoms. The molecular weight excluding hydrogens is 282 g/mol. The van der Waals surface area contributed by atoms with Crippen molar-refractivity contribution in [2.24, 2.45) is 0 Å². The van der Waals surface area contributed by atoms with Crippen LogP contribution in [0.5, 0.6) is 0 Å². The average Bonchev–Trinajstić information content (AvgIpc) is 3.17. The first-order valence-electron chi connectivity index (χ1n) is 7.22. The van der Waals surface area contributed by atoms with E-state index in [1.807, 2.05) is 30.3 Å². The van der Waals surface area contributed by atoms with Crippen LogP contribution in [0.25, 0.3) is 0 Å². The van der Waals surface area contributed by atoms with Gasteiger partial charge in [0.15, 0.2) is 0 Å². The van der Waals surface area contributed by atoms with Gasteiger partial charge in [-0.05, 0) is 25.0 Å². The summed E-state index contributed by atoms with van der Waals surface area (Å²) in [6.07, 6.45) is 3.07. The van der Waals surface area contributed by atoms with Gasteiger partial charge < -0.3 is 9.15 Å². The lowest BCUT2D eigenvalue weighted by Gasteiger charge is -2.22. The molecule has 2 aromatic rings. The van der Waals surface area contributed by atoms with Gasteiger partial charge in [0.05, 0.1) is 24.5 Å². The molecule has 0 radical (unpaired) electrons. The summed E-state index contributed by atoms with van der Waals surface area (Å²) < 4.78 is 10.1. The van der Waals surface area contributed by atoms with Crippen molar-refractivity contribution < 1.29 is 18.7 Å². The average molecular weight is 299 g/mol. The summed E-state index contributed by atoms with van der Waals surface area (Å²) in [5.41, 5.74) is 1.82. The van der Waals surface area contributed by atoms with Crippen molar-refractivity contribution in [1.82, 2.24) is 4.90 Å². The number of hydrogen-bond acceptors (Lipinski definition) is 4. The fourth-order valence-electron chi connectivity index (χ4n) is 2.64. The molecule has 0 saturated carbocycles. The van der Waals surface area contributed by atoms with E-state index in [0.717, 1.165) is 11.1 Å². The molecule has 0 aliphatic carbocycles. The molecule has 1 saturated heterocycles. The fourth-order valence-corrected chi connectivity index (χ4v) is 2.64. The van der Waals surface area contributed by atoms with Crippen LogP contribution in [0.2, 0.25) is 0 Å². The van der Waals surface area contributed by atoms with Crippen LogP contribution in [-0.4, -0.2) is 29.5 Å². The Bertz CT molecular complexity index is 651. The van der Waals surface area contributed by atoms with Gasteiger partial charge in [-0.25, -0.2) is 9.69 Å². The molecule has 0 spiro atoms. The van der Waals surface area contributed by atoms with E-state index in [9.17, 15) is 9.59 Å². The Morgan fingerprint density at radius 2 is 2.09 bits per heavy atom. The number of furan rings is 1. The Hall–Kier alpha value is -2.56. The second-order valence-corrected chi connectivity index (χ2v) is 5.41. The lowest BCUT2D eigenvalue weighted by atomic mass is 10.0. The lowest BCUT2D eigenvalue weighted by Crippen LogP contribution is -2.42. The Balaban J connectivity index is 1.77. The van der Waals surface area contributed by atoms with Crippen LogP contribution in [0.1, 0.15) is 24.0 Å². The molecule has 3 rings (SSSR count). The predicted octanol–water partition coefficient (Wildman–Crippen LogP) is 2.97. The zero-order chi connectivity index (χ0) is 15.5. The number of hydrogen-bond donors (Lipinski definition) is 0. The normalized spacial score (nSPS) is 19.0. The molecule has 1 aliphatic heterocycles. The Labute approximate surface area is 128 Å². The van der Waals surface area contributed by atoms with E-state index in [2.05, 4.69) is 0 Å². The Kier molecular flexibility index (Phi) is 3.96. The number of nitrogens with zero attached hydrogens (tertiary/aromatic N) is 1. The zero-order valence-corrected chi connectivity index (χ0v) is 12.3. The lowest BCUT2D eigenvalue weighted by molar-refractivity contribution is -0.130. The number of imide groups is 1. The molecule has 2 unspecified atom stereocenters. The summed E-state index contributed by atoms with van der Waals surface area (Å²) in [7, 11) is 0. The van der Waals surface area contributed by atoms with Crippen molar-refractivity contribution in [2.45, 2.75) is 25.3 Å². The van der Waals surface area contributed by atoms with Crippen LogP contribution in [0.4, 0.5) is 4.79 Å². The summed E-state index contributed by atoms with van der Waals surface area (Å²) >= 11 is 0. The maximum Gasteiger partial charge on any atom is 0.417 e. The first-order valence-corrected chi connectivity index (χ1v) is 7.22. The van der Waals surface area contributed by atoms with Crippen molar-refractivity contribution in [2.75, 3.05) is 6.61 Å². The number of amides is 2. The summed E-state index contributed by atoms with van der Waals surface area (Å²) in [5, 5.41) is 0. The smallest absolute Gasteiger partial charge is 0.417 e. The first kappa shape index (κ1) is 14.4. The van der Waals surface area contributed by atoms with E-state index < -0.39 is 12.0 Å². The molecule has 1 aliphatic rings. The third kappa shape index (κ3) is 2.74. The molecular formula is C17H17NO4. The van der Waals surface area contributed by atoms with Gasteiger partial charge in [-0.3, -0.25) is 4.79 Å². The minimum absolute atomic E-state index is 0.234. The van der Waals surface area contributed by atoms with Crippen LogP contribution in [0, 0.1) is 0 Å². The van der Waals surface area contributed by atoms with Gasteiger partial charge in [0.2, 0.25) is 5.91 Å². The van der Waals surface area contributed by atoms with Crippen molar-refractivity contribution in [1.29, 1.82) is 0 Å². The van der Waals surface area contributed by atoms with Crippen LogP contribution < -0.4 is 0 Å². The minimum atomic E-state index is -0.568. The van der Waals surface area contributed by atoms with Crippen LogP contribution in [0.15, 0.2) is 53.3 Å². The van der Waals surface area contributed by atoms with Crippen LogP contribution in [0.3, 0.4) is 0 Å². The van der Waals surface area contributed by atoms with Gasteiger partial charge >= 0.3 is 6.09 Å². The van der Waals surface area contributed by atoms with E-state index in [4.69, 9.17) is 9.15 Å². The quantitative estimate of drug-likeness (QED) is 0.871. The molecule has 1 fully saturated rings. The maximum atomic E-state index is 12.6. The van der Waals surface area contributed by atoms with E-state index >= 15 is 0 Å². The van der Waals surface area contributed by atoms with E-state index in [0.29, 0.717) is 6.42 Å². The minimum Gasteiger partial charge on any atom is -0.472 e. The van der Waals surface area contributed by atoms with Gasteiger partial charge in [-0.15, -0.1) is 0 Å². The van der Waals surface area contributed by atoms with Gasteiger partial charge in [-0.1, -0.05) is 30.3 Å². The topological polar surface area (TPSA) is 59.8 Å². The molecule has 2 amide bonds. The third-order valence-electron chi connectivity index (χ3n) is 3.93. The zero-order valence-electron chi connectivity index (χ0n) is 12.3. The molecule has 2 atom stereocenters. The largest absolute Gasteiger partial charge is 0.472 e. The van der Waals surface area contributed by atoms with Crippen LogP contribution in [-0.2, 0) is 16.0 Å². The second kappa shape index (κ2) is 6.05. The molecule has 114 valence electrons. The highest BCUT2D eigenvalue weighted by molar-refractivity contribution is 5.97. The Morgan fingerprint density at radius 3 is 2.77 bits per heavy atom. The SMILES string of the molecule is CC(C(=O)N1C(=O)OCC1Cc1ccccc1)c1ccoc1. The summed E-state index contributed by atoms with van der Waals surface area (Å²) in [4.78, 5) is 25.8. The van der Waals surface area contributed by atoms with Crippen LogP contribution >= 0.6 is 0 Å². The molecule has 1 aromatic carbocycles. The number of carbonyl (C=O) groups excluding carboxylic acids is 2. The number of cyclic esters (lactones) is 1. The maximum absolute atomic E-state index is 12.6. The number of ether oxygens (including phenoxy) is 1. The molecule has 22 heavy (non-hydrogen) atoms. The number of carbonyl (C=O) groups is 2. The van der Waals surface area contributed by atoms with Crippen molar-refractivity contribution in [3.05, 3.63) is 60.1 Å². The fraction of sp³-hybridized carbons (Fsp3) is 0.294. The van der Waals surface area contributed by atoms with Gasteiger partial charge in [-0.2, -0.15) is 0 Å². The summed E-state index contributed by atoms with van der Waals surface area (Å²) in [6.45, 7) is 2.00. The predicted molar refractivity (Wildman–Crippen MR) is 79.3 cm³/mol. The number of benzene rings is 1. The standard InChI is InChI=1S/C17H17NO4/c1-12(14-7-8-21-10-14)16(19)18-15(11-22-17(18)20)9-13-5-3-2-4-6-13/h2-8,10,12,15H,9,11H2,1H3.